The van der Waals surface area contributed by atoms with E-state index >= 15 is 0 Å². The lowest BCUT2D eigenvalue weighted by molar-refractivity contribution is 0.503. The number of thioether (sulfide) groups is 1. The molecule has 1 heterocycles. The fourth-order valence-corrected chi connectivity index (χ4v) is 3.03. The number of hydrogen-bond acceptors (Lipinski definition) is 3. The normalized spacial score (nSPS) is 12.8. The Labute approximate surface area is 122 Å². The molecule has 0 spiro atoms. The summed E-state index contributed by atoms with van der Waals surface area (Å²) in [5.74, 6) is 2.34. The van der Waals surface area contributed by atoms with Gasteiger partial charge in [0.25, 0.3) is 5.56 Å². The van der Waals surface area contributed by atoms with E-state index in [0.29, 0.717) is 23.7 Å². The standard InChI is InChI=1S/C14H17ClN2OS/c1-10(9-19-2)8-17-13(7-15)16-12-6-4-3-5-11(12)14(17)18/h3-6,10H,7-9H2,1-2H3. The van der Waals surface area contributed by atoms with Crippen LogP contribution < -0.4 is 5.56 Å². The number of halogens is 1. The average Bonchev–Trinajstić information content (AvgIpc) is 2.42. The van der Waals surface area contributed by atoms with E-state index < -0.39 is 0 Å². The first kappa shape index (κ1) is 14.4. The summed E-state index contributed by atoms with van der Waals surface area (Å²) in [7, 11) is 0. The van der Waals surface area contributed by atoms with Crippen LogP contribution in [-0.2, 0) is 12.4 Å². The van der Waals surface area contributed by atoms with Crippen molar-refractivity contribution >= 4 is 34.3 Å². The highest BCUT2D eigenvalue weighted by Crippen LogP contribution is 2.12. The highest BCUT2D eigenvalue weighted by molar-refractivity contribution is 7.98. The van der Waals surface area contributed by atoms with Crippen molar-refractivity contribution in [3.8, 4) is 0 Å². The van der Waals surface area contributed by atoms with Crippen molar-refractivity contribution in [3.63, 3.8) is 0 Å². The number of para-hydroxylation sites is 1. The molecule has 19 heavy (non-hydrogen) atoms. The van der Waals surface area contributed by atoms with Gasteiger partial charge in [-0.3, -0.25) is 9.36 Å². The van der Waals surface area contributed by atoms with E-state index in [9.17, 15) is 4.79 Å². The Kier molecular flexibility index (Phi) is 4.88. The van der Waals surface area contributed by atoms with E-state index in [4.69, 9.17) is 11.6 Å². The van der Waals surface area contributed by atoms with Crippen molar-refractivity contribution in [1.82, 2.24) is 9.55 Å². The number of alkyl halides is 1. The van der Waals surface area contributed by atoms with Gasteiger partial charge in [-0.15, -0.1) is 11.6 Å². The summed E-state index contributed by atoms with van der Waals surface area (Å²) in [6.45, 7) is 2.80. The second kappa shape index (κ2) is 6.44. The Hall–Kier alpha value is -1.00. The van der Waals surface area contributed by atoms with Gasteiger partial charge in [-0.05, 0) is 30.1 Å². The van der Waals surface area contributed by atoms with Gasteiger partial charge in [0.2, 0.25) is 0 Å². The Bertz CT molecular complexity index is 626. The third-order valence-corrected chi connectivity index (χ3v) is 4.15. The zero-order valence-corrected chi connectivity index (χ0v) is 12.7. The summed E-state index contributed by atoms with van der Waals surface area (Å²) < 4.78 is 1.72. The van der Waals surface area contributed by atoms with Crippen LogP contribution in [0.3, 0.4) is 0 Å². The highest BCUT2D eigenvalue weighted by atomic mass is 35.5. The van der Waals surface area contributed by atoms with Crippen molar-refractivity contribution in [2.45, 2.75) is 19.3 Å². The number of benzene rings is 1. The smallest absolute Gasteiger partial charge is 0.261 e. The lowest BCUT2D eigenvalue weighted by Crippen LogP contribution is -2.28. The fraction of sp³-hybridized carbons (Fsp3) is 0.429. The number of fused-ring (bicyclic) bond motifs is 1. The Morgan fingerprint density at radius 1 is 1.42 bits per heavy atom. The zero-order chi connectivity index (χ0) is 13.8. The lowest BCUT2D eigenvalue weighted by atomic mass is 10.2. The van der Waals surface area contributed by atoms with Crippen LogP contribution in [0.1, 0.15) is 12.7 Å². The second-order valence-electron chi connectivity index (χ2n) is 4.66. The van der Waals surface area contributed by atoms with Crippen molar-refractivity contribution in [3.05, 3.63) is 40.4 Å². The molecule has 2 rings (SSSR count). The lowest BCUT2D eigenvalue weighted by Gasteiger charge is -2.15. The molecule has 5 heteroatoms. The van der Waals surface area contributed by atoms with Gasteiger partial charge in [0.15, 0.2) is 0 Å². The summed E-state index contributed by atoms with van der Waals surface area (Å²) in [4.78, 5) is 17.0. The molecule has 102 valence electrons. The Morgan fingerprint density at radius 2 is 2.16 bits per heavy atom. The number of rotatable bonds is 5. The highest BCUT2D eigenvalue weighted by Gasteiger charge is 2.12. The van der Waals surface area contributed by atoms with Gasteiger partial charge >= 0.3 is 0 Å². The first-order valence-corrected chi connectivity index (χ1v) is 8.13. The molecular weight excluding hydrogens is 280 g/mol. The van der Waals surface area contributed by atoms with E-state index in [2.05, 4.69) is 18.2 Å². The molecule has 2 aromatic rings. The molecular formula is C14H17ClN2OS. The summed E-state index contributed by atoms with van der Waals surface area (Å²) in [6.07, 6.45) is 2.07. The third-order valence-electron chi connectivity index (χ3n) is 3.01. The van der Waals surface area contributed by atoms with Crippen LogP contribution in [0.25, 0.3) is 10.9 Å². The molecule has 0 N–H and O–H groups in total. The molecule has 0 saturated carbocycles. The Morgan fingerprint density at radius 3 is 2.84 bits per heavy atom. The molecule has 0 aliphatic carbocycles. The van der Waals surface area contributed by atoms with Crippen LogP contribution in [0.2, 0.25) is 0 Å². The Balaban J connectivity index is 2.52. The maximum absolute atomic E-state index is 12.5. The van der Waals surface area contributed by atoms with Gasteiger partial charge < -0.3 is 0 Å². The molecule has 0 bridgehead atoms. The molecule has 0 saturated heterocycles. The van der Waals surface area contributed by atoms with Gasteiger partial charge in [0.05, 0.1) is 16.8 Å². The van der Waals surface area contributed by atoms with Crippen molar-refractivity contribution in [2.24, 2.45) is 5.92 Å². The monoisotopic (exact) mass is 296 g/mol. The minimum atomic E-state index is 0.00852. The van der Waals surface area contributed by atoms with Crippen LogP contribution >= 0.6 is 23.4 Å². The second-order valence-corrected chi connectivity index (χ2v) is 5.83. The average molecular weight is 297 g/mol. The minimum Gasteiger partial charge on any atom is -0.295 e. The SMILES string of the molecule is CSCC(C)Cn1c(CCl)nc2ccccc2c1=O. The molecule has 0 aliphatic heterocycles. The molecule has 0 aliphatic rings. The van der Waals surface area contributed by atoms with Gasteiger partial charge in [0, 0.05) is 6.54 Å². The van der Waals surface area contributed by atoms with Crippen LogP contribution in [0.5, 0.6) is 0 Å². The van der Waals surface area contributed by atoms with E-state index in [-0.39, 0.29) is 11.4 Å². The van der Waals surface area contributed by atoms with Crippen LogP contribution in [0.4, 0.5) is 0 Å². The van der Waals surface area contributed by atoms with Crippen LogP contribution in [0, 0.1) is 5.92 Å². The number of nitrogens with zero attached hydrogens (tertiary/aromatic N) is 2. The fourth-order valence-electron chi connectivity index (χ4n) is 2.15. The first-order valence-electron chi connectivity index (χ1n) is 6.20. The van der Waals surface area contributed by atoms with Gasteiger partial charge in [-0.2, -0.15) is 11.8 Å². The van der Waals surface area contributed by atoms with Crippen molar-refractivity contribution in [1.29, 1.82) is 0 Å². The molecule has 1 unspecified atom stereocenters. The van der Waals surface area contributed by atoms with E-state index in [1.807, 2.05) is 24.3 Å². The molecule has 3 nitrogen and oxygen atoms in total. The molecule has 0 radical (unpaired) electrons. The predicted octanol–water partition coefficient (Wildman–Crippen LogP) is 3.13. The molecule has 0 amide bonds. The molecule has 1 atom stereocenters. The number of aromatic nitrogens is 2. The summed E-state index contributed by atoms with van der Waals surface area (Å²) in [5.41, 5.74) is 0.728. The molecule has 0 fully saturated rings. The topological polar surface area (TPSA) is 34.9 Å². The quantitative estimate of drug-likeness (QED) is 0.795. The molecule has 1 aromatic heterocycles. The van der Waals surface area contributed by atoms with Crippen LogP contribution in [0.15, 0.2) is 29.1 Å². The maximum atomic E-state index is 12.5. The summed E-state index contributed by atoms with van der Waals surface area (Å²) >= 11 is 7.72. The number of hydrogen-bond donors (Lipinski definition) is 0. The van der Waals surface area contributed by atoms with Crippen LogP contribution in [-0.4, -0.2) is 21.6 Å². The summed E-state index contributed by atoms with van der Waals surface area (Å²) in [5, 5.41) is 0.660. The zero-order valence-electron chi connectivity index (χ0n) is 11.1. The first-order chi connectivity index (χ1) is 9.17. The largest absolute Gasteiger partial charge is 0.295 e. The van der Waals surface area contributed by atoms with Gasteiger partial charge in [-0.25, -0.2) is 4.98 Å². The minimum absolute atomic E-state index is 0.00852. The van der Waals surface area contributed by atoms with Gasteiger partial charge in [-0.1, -0.05) is 19.1 Å². The summed E-state index contributed by atoms with van der Waals surface area (Å²) in [6, 6.07) is 7.41. The van der Waals surface area contributed by atoms with Gasteiger partial charge in [0.1, 0.15) is 5.82 Å². The van der Waals surface area contributed by atoms with E-state index in [1.54, 1.807) is 16.3 Å². The maximum Gasteiger partial charge on any atom is 0.261 e. The van der Waals surface area contributed by atoms with E-state index in [0.717, 1.165) is 11.3 Å². The third kappa shape index (κ3) is 3.12. The molecule has 1 aromatic carbocycles. The predicted molar refractivity (Wildman–Crippen MR) is 83.1 cm³/mol. The van der Waals surface area contributed by atoms with E-state index in [1.165, 1.54) is 0 Å². The van der Waals surface area contributed by atoms with Crippen molar-refractivity contribution in [2.75, 3.05) is 12.0 Å². The van der Waals surface area contributed by atoms with Crippen molar-refractivity contribution < 1.29 is 0 Å².